The van der Waals surface area contributed by atoms with Crippen LogP contribution in [0, 0.1) is 0 Å². The molecule has 0 N–H and O–H groups in total. The van der Waals surface area contributed by atoms with Crippen molar-refractivity contribution in [1.82, 2.24) is 4.90 Å². The highest BCUT2D eigenvalue weighted by Crippen LogP contribution is 2.22. The molecule has 0 atom stereocenters. The van der Waals surface area contributed by atoms with Crippen LogP contribution in [0.25, 0.3) is 0 Å². The van der Waals surface area contributed by atoms with Gasteiger partial charge in [-0.15, -0.1) is 0 Å². The highest BCUT2D eigenvalue weighted by Gasteiger charge is 2.06. The normalized spacial score (nSPS) is 16.9. The van der Waals surface area contributed by atoms with Crippen molar-refractivity contribution in [2.75, 3.05) is 14.1 Å². The maximum atomic E-state index is 11.3. The van der Waals surface area contributed by atoms with E-state index in [-0.39, 0.29) is 5.91 Å². The van der Waals surface area contributed by atoms with Gasteiger partial charge in [0.25, 0.3) is 0 Å². The lowest BCUT2D eigenvalue weighted by molar-refractivity contribution is -0.127. The Morgan fingerprint density at radius 3 is 2.46 bits per heavy atom. The van der Waals surface area contributed by atoms with Gasteiger partial charge >= 0.3 is 0 Å². The molecule has 0 bridgehead atoms. The van der Waals surface area contributed by atoms with E-state index in [0.29, 0.717) is 6.42 Å². The first kappa shape index (κ1) is 10.3. The molecule has 74 valence electrons. The van der Waals surface area contributed by atoms with Crippen molar-refractivity contribution in [2.45, 2.75) is 38.5 Å². The number of rotatable bonds is 2. The van der Waals surface area contributed by atoms with Crippen LogP contribution in [0.2, 0.25) is 0 Å². The second-order valence-electron chi connectivity index (χ2n) is 3.92. The predicted molar refractivity (Wildman–Crippen MR) is 54.5 cm³/mol. The molecule has 1 amide bonds. The van der Waals surface area contributed by atoms with Crippen LogP contribution in [-0.2, 0) is 4.79 Å². The molecule has 0 heterocycles. The summed E-state index contributed by atoms with van der Waals surface area (Å²) in [6.07, 6.45) is 9.11. The van der Waals surface area contributed by atoms with Gasteiger partial charge in [0, 0.05) is 20.5 Å². The van der Waals surface area contributed by atoms with Gasteiger partial charge in [0.2, 0.25) is 5.91 Å². The molecule has 0 aromatic heterocycles. The third-order valence-electron chi connectivity index (χ3n) is 2.56. The average Bonchev–Trinajstić information content (AvgIpc) is 2.15. The quantitative estimate of drug-likeness (QED) is 0.599. The molecule has 1 aliphatic carbocycles. The van der Waals surface area contributed by atoms with Crippen LogP contribution in [0.3, 0.4) is 0 Å². The molecule has 0 unspecified atom stereocenters. The molecule has 13 heavy (non-hydrogen) atoms. The van der Waals surface area contributed by atoms with Gasteiger partial charge in [0.1, 0.15) is 0 Å². The van der Waals surface area contributed by atoms with Crippen molar-refractivity contribution < 1.29 is 4.79 Å². The first-order valence-corrected chi connectivity index (χ1v) is 5.08. The maximum Gasteiger partial charge on any atom is 0.225 e. The molecule has 0 radical (unpaired) electrons. The van der Waals surface area contributed by atoms with Gasteiger partial charge in [0.15, 0.2) is 0 Å². The second kappa shape index (κ2) is 5.05. The largest absolute Gasteiger partial charge is 0.349 e. The highest BCUT2D eigenvalue weighted by atomic mass is 16.2. The molecule has 0 spiro atoms. The van der Waals surface area contributed by atoms with Crippen LogP contribution < -0.4 is 0 Å². The summed E-state index contributed by atoms with van der Waals surface area (Å²) >= 11 is 0. The van der Waals surface area contributed by atoms with Crippen LogP contribution in [-0.4, -0.2) is 24.9 Å². The van der Waals surface area contributed by atoms with E-state index in [1.54, 1.807) is 4.90 Å². The summed E-state index contributed by atoms with van der Waals surface area (Å²) in [5.41, 5.74) is 1.49. The summed E-state index contributed by atoms with van der Waals surface area (Å²) in [7, 11) is 3.61. The molecule has 1 saturated carbocycles. The lowest BCUT2D eigenvalue weighted by atomic mass is 9.94. The zero-order valence-electron chi connectivity index (χ0n) is 8.68. The smallest absolute Gasteiger partial charge is 0.225 e. The van der Waals surface area contributed by atoms with Gasteiger partial charge in [0.05, 0.1) is 0 Å². The number of allylic oxidation sites excluding steroid dienone is 1. The summed E-state index contributed by atoms with van der Waals surface area (Å²) in [4.78, 5) is 12.9. The first-order chi connectivity index (χ1) is 6.20. The van der Waals surface area contributed by atoms with Crippen LogP contribution in [0.15, 0.2) is 11.6 Å². The number of hydrogen-bond acceptors (Lipinski definition) is 1. The molecule has 0 aromatic carbocycles. The van der Waals surface area contributed by atoms with Gasteiger partial charge in [-0.3, -0.25) is 4.79 Å². The van der Waals surface area contributed by atoms with E-state index in [9.17, 15) is 4.79 Å². The third-order valence-corrected chi connectivity index (χ3v) is 2.56. The van der Waals surface area contributed by atoms with Gasteiger partial charge in [-0.2, -0.15) is 0 Å². The summed E-state index contributed by atoms with van der Waals surface area (Å²) in [5, 5.41) is 0. The zero-order valence-corrected chi connectivity index (χ0v) is 8.68. The fourth-order valence-corrected chi connectivity index (χ4v) is 1.62. The lowest BCUT2D eigenvalue weighted by Gasteiger charge is -2.14. The molecule has 2 heteroatoms. The molecule has 0 aromatic rings. The molecule has 0 aliphatic heterocycles. The lowest BCUT2D eigenvalue weighted by Crippen LogP contribution is -2.20. The van der Waals surface area contributed by atoms with Crippen molar-refractivity contribution in [2.24, 2.45) is 0 Å². The van der Waals surface area contributed by atoms with Crippen molar-refractivity contribution in [3.8, 4) is 0 Å². The van der Waals surface area contributed by atoms with E-state index in [1.165, 1.54) is 37.7 Å². The summed E-state index contributed by atoms with van der Waals surface area (Å²) < 4.78 is 0. The molecule has 1 rings (SSSR count). The molecule has 1 aliphatic rings. The number of amides is 1. The van der Waals surface area contributed by atoms with Crippen LogP contribution in [0.5, 0.6) is 0 Å². The molecule has 1 fully saturated rings. The fourth-order valence-electron chi connectivity index (χ4n) is 1.62. The molecular formula is C11H19NO. The Morgan fingerprint density at radius 1 is 1.31 bits per heavy atom. The zero-order chi connectivity index (χ0) is 9.68. The monoisotopic (exact) mass is 181 g/mol. The van der Waals surface area contributed by atoms with E-state index in [0.717, 1.165) is 0 Å². The number of nitrogens with zero attached hydrogens (tertiary/aromatic N) is 1. The SMILES string of the molecule is CN(C)C(=O)CC=C1CCCCC1. The minimum Gasteiger partial charge on any atom is -0.349 e. The number of hydrogen-bond donors (Lipinski definition) is 0. The second-order valence-corrected chi connectivity index (χ2v) is 3.92. The molecular weight excluding hydrogens is 162 g/mol. The minimum atomic E-state index is 0.207. The van der Waals surface area contributed by atoms with Crippen molar-refractivity contribution in [3.63, 3.8) is 0 Å². The Kier molecular flexibility index (Phi) is 4.00. The summed E-state index contributed by atoms with van der Waals surface area (Å²) in [6, 6.07) is 0. The van der Waals surface area contributed by atoms with E-state index in [2.05, 4.69) is 6.08 Å². The fraction of sp³-hybridized carbons (Fsp3) is 0.727. The van der Waals surface area contributed by atoms with Crippen LogP contribution in [0.1, 0.15) is 38.5 Å². The Morgan fingerprint density at radius 2 is 1.92 bits per heavy atom. The van der Waals surface area contributed by atoms with E-state index < -0.39 is 0 Å². The van der Waals surface area contributed by atoms with Crippen LogP contribution in [0.4, 0.5) is 0 Å². The highest BCUT2D eigenvalue weighted by molar-refractivity contribution is 5.77. The Labute approximate surface area is 80.6 Å². The first-order valence-electron chi connectivity index (χ1n) is 5.08. The van der Waals surface area contributed by atoms with E-state index in [4.69, 9.17) is 0 Å². The van der Waals surface area contributed by atoms with Crippen LogP contribution >= 0.6 is 0 Å². The van der Waals surface area contributed by atoms with E-state index in [1.807, 2.05) is 14.1 Å². The van der Waals surface area contributed by atoms with Gasteiger partial charge < -0.3 is 4.90 Å². The predicted octanol–water partition coefficient (Wildman–Crippen LogP) is 2.36. The van der Waals surface area contributed by atoms with E-state index >= 15 is 0 Å². The topological polar surface area (TPSA) is 20.3 Å². The van der Waals surface area contributed by atoms with Gasteiger partial charge in [-0.05, 0) is 25.7 Å². The van der Waals surface area contributed by atoms with Crippen molar-refractivity contribution >= 4 is 5.91 Å². The maximum absolute atomic E-state index is 11.3. The Bertz CT molecular complexity index is 198. The third kappa shape index (κ3) is 3.62. The molecule has 2 nitrogen and oxygen atoms in total. The number of carbonyl (C=O) groups excluding carboxylic acids is 1. The van der Waals surface area contributed by atoms with Crippen molar-refractivity contribution in [3.05, 3.63) is 11.6 Å². The Hall–Kier alpha value is -0.790. The summed E-state index contributed by atoms with van der Waals surface area (Å²) in [6.45, 7) is 0. The Balaban J connectivity index is 2.33. The van der Waals surface area contributed by atoms with Gasteiger partial charge in [-0.1, -0.05) is 18.1 Å². The van der Waals surface area contributed by atoms with Crippen molar-refractivity contribution in [1.29, 1.82) is 0 Å². The standard InChI is InChI=1S/C11H19NO/c1-12(2)11(13)9-8-10-6-4-3-5-7-10/h8H,3-7,9H2,1-2H3. The average molecular weight is 181 g/mol. The number of carbonyl (C=O) groups is 1. The minimum absolute atomic E-state index is 0.207. The summed E-state index contributed by atoms with van der Waals surface area (Å²) in [5.74, 6) is 0.207. The van der Waals surface area contributed by atoms with Gasteiger partial charge in [-0.25, -0.2) is 0 Å². The molecule has 0 saturated heterocycles.